The van der Waals surface area contributed by atoms with Crippen LogP contribution in [0.1, 0.15) is 12.5 Å². The predicted molar refractivity (Wildman–Crippen MR) is 89.1 cm³/mol. The van der Waals surface area contributed by atoms with Gasteiger partial charge in [-0.1, -0.05) is 41.4 Å². The molecule has 0 saturated heterocycles. The maximum Gasteiger partial charge on any atom is 0.267 e. The van der Waals surface area contributed by atoms with E-state index in [9.17, 15) is 4.79 Å². The SMILES string of the molecule is CC(Oc1ccc(Cl)cc1Cl)C(=O)N1CCc2ccccc21. The Hall–Kier alpha value is -1.71. The van der Waals surface area contributed by atoms with Crippen LogP contribution in [0.4, 0.5) is 5.69 Å². The van der Waals surface area contributed by atoms with Crippen LogP contribution in [0, 0.1) is 0 Å². The van der Waals surface area contributed by atoms with Crippen LogP contribution in [0.15, 0.2) is 42.5 Å². The summed E-state index contributed by atoms with van der Waals surface area (Å²) in [4.78, 5) is 14.4. The van der Waals surface area contributed by atoms with Crippen molar-refractivity contribution in [2.45, 2.75) is 19.4 Å². The van der Waals surface area contributed by atoms with E-state index in [2.05, 4.69) is 0 Å². The van der Waals surface area contributed by atoms with Crippen LogP contribution in [0.3, 0.4) is 0 Å². The lowest BCUT2D eigenvalue weighted by molar-refractivity contribution is -0.124. The first kappa shape index (κ1) is 15.2. The first-order valence-corrected chi connectivity index (χ1v) is 7.83. The molecule has 1 amide bonds. The molecule has 2 aromatic rings. The van der Waals surface area contributed by atoms with Crippen molar-refractivity contribution in [3.8, 4) is 5.75 Å². The first-order chi connectivity index (χ1) is 10.6. The van der Waals surface area contributed by atoms with Crippen molar-refractivity contribution in [1.82, 2.24) is 0 Å². The van der Waals surface area contributed by atoms with Gasteiger partial charge in [-0.25, -0.2) is 0 Å². The van der Waals surface area contributed by atoms with E-state index in [4.69, 9.17) is 27.9 Å². The molecule has 0 radical (unpaired) electrons. The second kappa shape index (κ2) is 6.19. The van der Waals surface area contributed by atoms with Gasteiger partial charge < -0.3 is 9.64 Å². The molecule has 1 atom stereocenters. The van der Waals surface area contributed by atoms with E-state index >= 15 is 0 Å². The minimum absolute atomic E-state index is 0.0732. The summed E-state index contributed by atoms with van der Waals surface area (Å²) < 4.78 is 5.71. The maximum absolute atomic E-state index is 12.6. The van der Waals surface area contributed by atoms with Gasteiger partial charge in [-0.05, 0) is 43.2 Å². The Morgan fingerprint density at radius 1 is 1.23 bits per heavy atom. The monoisotopic (exact) mass is 335 g/mol. The molecule has 1 aliphatic rings. The van der Waals surface area contributed by atoms with Gasteiger partial charge in [0.05, 0.1) is 5.02 Å². The second-order valence-electron chi connectivity index (χ2n) is 5.20. The summed E-state index contributed by atoms with van der Waals surface area (Å²) in [5.41, 5.74) is 2.15. The van der Waals surface area contributed by atoms with Crippen LogP contribution in [-0.2, 0) is 11.2 Å². The molecule has 0 aromatic heterocycles. The molecular weight excluding hydrogens is 321 g/mol. The molecule has 1 aliphatic heterocycles. The van der Waals surface area contributed by atoms with E-state index in [1.807, 2.05) is 24.3 Å². The second-order valence-corrected chi connectivity index (χ2v) is 6.05. The molecular formula is C17H15Cl2NO2. The largest absolute Gasteiger partial charge is 0.479 e. The molecule has 22 heavy (non-hydrogen) atoms. The third kappa shape index (κ3) is 2.92. The molecule has 1 unspecified atom stereocenters. The van der Waals surface area contributed by atoms with Crippen LogP contribution in [0.5, 0.6) is 5.75 Å². The van der Waals surface area contributed by atoms with E-state index in [1.165, 1.54) is 5.56 Å². The number of halogens is 2. The van der Waals surface area contributed by atoms with Gasteiger partial charge in [-0.2, -0.15) is 0 Å². The number of rotatable bonds is 3. The molecule has 0 N–H and O–H groups in total. The van der Waals surface area contributed by atoms with E-state index < -0.39 is 6.10 Å². The van der Waals surface area contributed by atoms with Gasteiger partial charge in [0.25, 0.3) is 5.91 Å². The zero-order chi connectivity index (χ0) is 15.7. The highest BCUT2D eigenvalue weighted by Crippen LogP contribution is 2.31. The Kier molecular flexibility index (Phi) is 4.27. The molecule has 114 valence electrons. The van der Waals surface area contributed by atoms with Gasteiger partial charge in [-0.3, -0.25) is 4.79 Å². The topological polar surface area (TPSA) is 29.5 Å². The van der Waals surface area contributed by atoms with Gasteiger partial charge in [0.15, 0.2) is 6.10 Å². The number of benzene rings is 2. The summed E-state index contributed by atoms with van der Waals surface area (Å²) in [6.07, 6.45) is 0.251. The van der Waals surface area contributed by atoms with E-state index in [-0.39, 0.29) is 5.91 Å². The number of amides is 1. The van der Waals surface area contributed by atoms with Crippen LogP contribution < -0.4 is 9.64 Å². The summed E-state index contributed by atoms with van der Waals surface area (Å²) in [6, 6.07) is 12.9. The standard InChI is InChI=1S/C17H15Cl2NO2/c1-11(22-16-7-6-13(18)10-14(16)19)17(21)20-9-8-12-4-2-3-5-15(12)20/h2-7,10-11H,8-9H2,1H3. The Labute approximate surface area is 139 Å². The number of carbonyl (C=O) groups excluding carboxylic acids is 1. The molecule has 0 aliphatic carbocycles. The third-order valence-corrected chi connectivity index (χ3v) is 4.23. The summed E-state index contributed by atoms with van der Waals surface area (Å²) in [5, 5.41) is 0.929. The maximum atomic E-state index is 12.6. The molecule has 2 aromatic carbocycles. The zero-order valence-electron chi connectivity index (χ0n) is 12.1. The molecule has 3 nitrogen and oxygen atoms in total. The van der Waals surface area contributed by atoms with Crippen molar-refractivity contribution in [3.05, 3.63) is 58.1 Å². The number of hydrogen-bond acceptors (Lipinski definition) is 2. The lowest BCUT2D eigenvalue weighted by atomic mass is 10.2. The summed E-state index contributed by atoms with van der Waals surface area (Å²) >= 11 is 11.9. The minimum atomic E-state index is -0.621. The Morgan fingerprint density at radius 2 is 2.00 bits per heavy atom. The molecule has 0 spiro atoms. The van der Waals surface area contributed by atoms with Crippen LogP contribution in [-0.4, -0.2) is 18.6 Å². The van der Waals surface area contributed by atoms with E-state index in [1.54, 1.807) is 30.0 Å². The Bertz CT molecular complexity index is 718. The van der Waals surface area contributed by atoms with Gasteiger partial charge in [0.1, 0.15) is 5.75 Å². The van der Waals surface area contributed by atoms with Gasteiger partial charge >= 0.3 is 0 Å². The number of carbonyl (C=O) groups is 1. The highest BCUT2D eigenvalue weighted by molar-refractivity contribution is 6.35. The number of hydrogen-bond donors (Lipinski definition) is 0. The number of anilines is 1. The predicted octanol–water partition coefficient (Wildman–Crippen LogP) is 4.35. The van der Waals surface area contributed by atoms with Crippen molar-refractivity contribution in [2.75, 3.05) is 11.4 Å². The number of ether oxygens (including phenoxy) is 1. The Balaban J connectivity index is 1.76. The van der Waals surface area contributed by atoms with Crippen molar-refractivity contribution >= 4 is 34.8 Å². The lowest BCUT2D eigenvalue weighted by Crippen LogP contribution is -2.39. The summed E-state index contributed by atoms with van der Waals surface area (Å²) in [6.45, 7) is 2.41. The van der Waals surface area contributed by atoms with Gasteiger partial charge in [0.2, 0.25) is 0 Å². The fourth-order valence-electron chi connectivity index (χ4n) is 2.60. The average molecular weight is 336 g/mol. The van der Waals surface area contributed by atoms with Crippen molar-refractivity contribution in [3.63, 3.8) is 0 Å². The highest BCUT2D eigenvalue weighted by Gasteiger charge is 2.29. The molecule has 0 saturated carbocycles. The summed E-state index contributed by atoms with van der Waals surface area (Å²) in [7, 11) is 0. The number of nitrogens with zero attached hydrogens (tertiary/aromatic N) is 1. The third-order valence-electron chi connectivity index (χ3n) is 3.70. The molecule has 0 fully saturated rings. The van der Waals surface area contributed by atoms with Gasteiger partial charge in [0, 0.05) is 17.3 Å². The number of fused-ring (bicyclic) bond motifs is 1. The normalized spacial score (nSPS) is 14.6. The van der Waals surface area contributed by atoms with Crippen molar-refractivity contribution < 1.29 is 9.53 Å². The number of para-hydroxylation sites is 1. The van der Waals surface area contributed by atoms with Crippen LogP contribution in [0.25, 0.3) is 0 Å². The minimum Gasteiger partial charge on any atom is -0.479 e. The summed E-state index contributed by atoms with van der Waals surface area (Å²) in [5.74, 6) is 0.385. The molecule has 5 heteroatoms. The first-order valence-electron chi connectivity index (χ1n) is 7.07. The van der Waals surface area contributed by atoms with Crippen molar-refractivity contribution in [2.24, 2.45) is 0 Å². The van der Waals surface area contributed by atoms with E-state index in [0.717, 1.165) is 12.1 Å². The quantitative estimate of drug-likeness (QED) is 0.834. The molecule has 1 heterocycles. The smallest absolute Gasteiger partial charge is 0.267 e. The average Bonchev–Trinajstić information content (AvgIpc) is 2.93. The fraction of sp³-hybridized carbons (Fsp3) is 0.235. The Morgan fingerprint density at radius 3 is 2.77 bits per heavy atom. The fourth-order valence-corrected chi connectivity index (χ4v) is 3.05. The van der Waals surface area contributed by atoms with Gasteiger partial charge in [-0.15, -0.1) is 0 Å². The van der Waals surface area contributed by atoms with Crippen LogP contribution >= 0.6 is 23.2 Å². The van der Waals surface area contributed by atoms with E-state index in [0.29, 0.717) is 22.3 Å². The van der Waals surface area contributed by atoms with Crippen LogP contribution in [0.2, 0.25) is 10.0 Å². The van der Waals surface area contributed by atoms with Crippen molar-refractivity contribution in [1.29, 1.82) is 0 Å². The zero-order valence-corrected chi connectivity index (χ0v) is 13.6. The highest BCUT2D eigenvalue weighted by atomic mass is 35.5. The molecule has 0 bridgehead atoms. The lowest BCUT2D eigenvalue weighted by Gasteiger charge is -2.22. The molecule has 3 rings (SSSR count).